The van der Waals surface area contributed by atoms with Gasteiger partial charge in [-0.3, -0.25) is 9.78 Å². The number of benzene rings is 1. The number of nitrogens with two attached hydrogens (primary N) is 1. The van der Waals surface area contributed by atoms with Crippen LogP contribution < -0.4 is 11.2 Å². The summed E-state index contributed by atoms with van der Waals surface area (Å²) in [5.74, 6) is 0.479. The number of halogens is 1. The van der Waals surface area contributed by atoms with Crippen molar-refractivity contribution in [3.8, 4) is 0 Å². The Morgan fingerprint density at radius 1 is 1.24 bits per heavy atom. The highest BCUT2D eigenvalue weighted by molar-refractivity contribution is 8.00. The maximum atomic E-state index is 11.7. The second-order valence-electron chi connectivity index (χ2n) is 4.02. The number of amidine groups is 1. The van der Waals surface area contributed by atoms with Crippen LogP contribution in [0.25, 0.3) is 0 Å². The van der Waals surface area contributed by atoms with Gasteiger partial charge in [-0.25, -0.2) is 5.43 Å². The fraction of sp³-hybridized carbons (Fsp3) is 0.0714. The normalized spacial score (nSPS) is 11.2. The fourth-order valence-corrected chi connectivity index (χ4v) is 2.24. The summed E-state index contributed by atoms with van der Waals surface area (Å²) in [5.41, 5.74) is 8.64. The van der Waals surface area contributed by atoms with Crippen molar-refractivity contribution in [2.45, 2.75) is 4.90 Å². The molecule has 5 nitrogen and oxygen atoms in total. The number of pyridine rings is 1. The van der Waals surface area contributed by atoms with E-state index in [1.807, 2.05) is 24.3 Å². The van der Waals surface area contributed by atoms with E-state index in [0.29, 0.717) is 22.2 Å². The molecule has 21 heavy (non-hydrogen) atoms. The van der Waals surface area contributed by atoms with Crippen molar-refractivity contribution in [2.75, 3.05) is 5.75 Å². The van der Waals surface area contributed by atoms with Crippen molar-refractivity contribution >= 4 is 35.1 Å². The first-order valence-electron chi connectivity index (χ1n) is 6.06. The summed E-state index contributed by atoms with van der Waals surface area (Å²) >= 11 is 7.32. The standard InChI is InChI=1S/C14H13ClN4OS/c15-11-1-3-12(4-2-11)21-9-13(16)18-19-14(20)10-5-7-17-8-6-10/h1-8H,9H2,(H2,16,18)(H,19,20). The molecule has 0 aliphatic rings. The Labute approximate surface area is 131 Å². The molecule has 7 heteroatoms. The second kappa shape index (κ2) is 7.66. The molecule has 0 spiro atoms. The van der Waals surface area contributed by atoms with Gasteiger partial charge < -0.3 is 5.73 Å². The fourth-order valence-electron chi connectivity index (χ4n) is 1.41. The summed E-state index contributed by atoms with van der Waals surface area (Å²) < 4.78 is 0. The number of thioether (sulfide) groups is 1. The molecular formula is C14H13ClN4OS. The molecule has 0 bridgehead atoms. The number of rotatable bonds is 5. The van der Waals surface area contributed by atoms with Gasteiger partial charge in [0.15, 0.2) is 0 Å². The van der Waals surface area contributed by atoms with Gasteiger partial charge in [0.05, 0.1) is 5.75 Å². The molecule has 0 saturated heterocycles. The van der Waals surface area contributed by atoms with Gasteiger partial charge >= 0.3 is 0 Å². The van der Waals surface area contributed by atoms with Crippen LogP contribution in [0.2, 0.25) is 5.02 Å². The maximum absolute atomic E-state index is 11.7. The van der Waals surface area contributed by atoms with Crippen molar-refractivity contribution in [3.05, 3.63) is 59.4 Å². The highest BCUT2D eigenvalue weighted by atomic mass is 35.5. The molecule has 0 saturated carbocycles. The Hall–Kier alpha value is -2.05. The van der Waals surface area contributed by atoms with Gasteiger partial charge in [-0.2, -0.15) is 5.10 Å². The molecule has 1 aromatic carbocycles. The minimum absolute atomic E-state index is 0.322. The van der Waals surface area contributed by atoms with E-state index in [2.05, 4.69) is 15.5 Å². The molecule has 0 aliphatic heterocycles. The van der Waals surface area contributed by atoms with E-state index in [1.165, 1.54) is 11.8 Å². The summed E-state index contributed by atoms with van der Waals surface area (Å²) in [7, 11) is 0. The average Bonchev–Trinajstić information content (AvgIpc) is 2.53. The van der Waals surface area contributed by atoms with Crippen LogP contribution in [0.1, 0.15) is 10.4 Å². The molecule has 1 heterocycles. The van der Waals surface area contributed by atoms with Crippen LogP contribution in [0.4, 0.5) is 0 Å². The summed E-state index contributed by atoms with van der Waals surface area (Å²) in [4.78, 5) is 16.6. The van der Waals surface area contributed by atoms with E-state index in [0.717, 1.165) is 4.90 Å². The third kappa shape index (κ3) is 5.09. The minimum Gasteiger partial charge on any atom is -0.385 e. The van der Waals surface area contributed by atoms with Crippen molar-refractivity contribution in [2.24, 2.45) is 10.8 Å². The number of nitrogens with zero attached hydrogens (tertiary/aromatic N) is 2. The van der Waals surface area contributed by atoms with Gasteiger partial charge in [-0.1, -0.05) is 11.6 Å². The smallest absolute Gasteiger partial charge is 0.271 e. The third-order valence-electron chi connectivity index (χ3n) is 2.44. The van der Waals surface area contributed by atoms with Gasteiger partial charge in [0.1, 0.15) is 5.84 Å². The first-order valence-corrected chi connectivity index (χ1v) is 7.42. The molecule has 3 N–H and O–H groups in total. The van der Waals surface area contributed by atoms with E-state index in [1.54, 1.807) is 24.5 Å². The van der Waals surface area contributed by atoms with E-state index in [9.17, 15) is 4.79 Å². The topological polar surface area (TPSA) is 80.4 Å². The number of hydrogen-bond acceptors (Lipinski definition) is 4. The van der Waals surface area contributed by atoms with Crippen molar-refractivity contribution in [1.29, 1.82) is 0 Å². The first kappa shape index (κ1) is 15.3. The van der Waals surface area contributed by atoms with Gasteiger partial charge in [0.25, 0.3) is 5.91 Å². The van der Waals surface area contributed by atoms with Crippen molar-refractivity contribution in [1.82, 2.24) is 10.4 Å². The zero-order valence-corrected chi connectivity index (χ0v) is 12.6. The highest BCUT2D eigenvalue weighted by Crippen LogP contribution is 2.19. The number of nitrogens with one attached hydrogen (secondary N) is 1. The average molecular weight is 321 g/mol. The van der Waals surface area contributed by atoms with Crippen LogP contribution >= 0.6 is 23.4 Å². The lowest BCUT2D eigenvalue weighted by atomic mass is 10.3. The predicted molar refractivity (Wildman–Crippen MR) is 85.5 cm³/mol. The van der Waals surface area contributed by atoms with Crippen LogP contribution in [0.15, 0.2) is 58.8 Å². The van der Waals surface area contributed by atoms with Crippen LogP contribution in [0.5, 0.6) is 0 Å². The second-order valence-corrected chi connectivity index (χ2v) is 5.51. The van der Waals surface area contributed by atoms with Crippen molar-refractivity contribution < 1.29 is 4.79 Å². The Morgan fingerprint density at radius 2 is 1.90 bits per heavy atom. The molecule has 0 fully saturated rings. The molecule has 2 rings (SSSR count). The van der Waals surface area contributed by atoms with Gasteiger partial charge in [0.2, 0.25) is 0 Å². The molecule has 0 radical (unpaired) electrons. The lowest BCUT2D eigenvalue weighted by molar-refractivity contribution is 0.0954. The SMILES string of the molecule is NC(CSc1ccc(Cl)cc1)=NNC(=O)c1ccncc1. The predicted octanol–water partition coefficient (Wildman–Crippen LogP) is 2.53. The number of carbonyl (C=O) groups is 1. The number of hydrazone groups is 1. The molecule has 0 atom stereocenters. The van der Waals surface area contributed by atoms with E-state index >= 15 is 0 Å². The number of hydrogen-bond donors (Lipinski definition) is 2. The monoisotopic (exact) mass is 320 g/mol. The minimum atomic E-state index is -0.322. The lowest BCUT2D eigenvalue weighted by Gasteiger charge is -2.03. The molecule has 0 unspecified atom stereocenters. The van der Waals surface area contributed by atoms with E-state index in [-0.39, 0.29) is 5.91 Å². The first-order chi connectivity index (χ1) is 10.1. The molecule has 108 valence electrons. The number of aromatic nitrogens is 1. The largest absolute Gasteiger partial charge is 0.385 e. The van der Waals surface area contributed by atoms with Crippen LogP contribution in [0.3, 0.4) is 0 Å². The highest BCUT2D eigenvalue weighted by Gasteiger charge is 2.03. The summed E-state index contributed by atoms with van der Waals surface area (Å²) in [6.07, 6.45) is 3.08. The van der Waals surface area contributed by atoms with Crippen LogP contribution in [-0.2, 0) is 0 Å². The molecule has 1 amide bonds. The number of amides is 1. The Bertz CT molecular complexity index is 631. The number of carbonyl (C=O) groups excluding carboxylic acids is 1. The molecule has 1 aromatic heterocycles. The van der Waals surface area contributed by atoms with Gasteiger partial charge in [0, 0.05) is 27.9 Å². The van der Waals surface area contributed by atoms with Gasteiger partial charge in [-0.15, -0.1) is 11.8 Å². The van der Waals surface area contributed by atoms with E-state index in [4.69, 9.17) is 17.3 Å². The van der Waals surface area contributed by atoms with E-state index < -0.39 is 0 Å². The Balaban J connectivity index is 1.84. The molecular weight excluding hydrogens is 308 g/mol. The Kier molecular flexibility index (Phi) is 5.59. The quantitative estimate of drug-likeness (QED) is 0.384. The summed E-state index contributed by atoms with van der Waals surface area (Å²) in [6.45, 7) is 0. The molecule has 2 aromatic rings. The zero-order valence-electron chi connectivity index (χ0n) is 11.0. The summed E-state index contributed by atoms with van der Waals surface area (Å²) in [5, 5.41) is 4.55. The maximum Gasteiger partial charge on any atom is 0.271 e. The Morgan fingerprint density at radius 3 is 2.57 bits per heavy atom. The third-order valence-corrected chi connectivity index (χ3v) is 3.74. The van der Waals surface area contributed by atoms with Crippen LogP contribution in [-0.4, -0.2) is 22.5 Å². The lowest BCUT2D eigenvalue weighted by Crippen LogP contribution is -2.24. The molecule has 0 aliphatic carbocycles. The summed E-state index contributed by atoms with van der Waals surface area (Å²) in [6, 6.07) is 10.6. The zero-order chi connectivity index (χ0) is 15.1. The van der Waals surface area contributed by atoms with Crippen LogP contribution in [0, 0.1) is 0 Å². The van der Waals surface area contributed by atoms with Gasteiger partial charge in [-0.05, 0) is 36.4 Å². The van der Waals surface area contributed by atoms with Crippen molar-refractivity contribution in [3.63, 3.8) is 0 Å².